The third kappa shape index (κ3) is 3.71. The Morgan fingerprint density at radius 3 is 3.00 bits per heavy atom. The number of amidine groups is 1. The summed E-state index contributed by atoms with van der Waals surface area (Å²) in [5, 5.41) is 28.3. The van der Waals surface area contributed by atoms with E-state index in [-0.39, 0.29) is 10.9 Å². The summed E-state index contributed by atoms with van der Waals surface area (Å²) in [6, 6.07) is 3.50. The molecule has 32 heavy (non-hydrogen) atoms. The summed E-state index contributed by atoms with van der Waals surface area (Å²) >= 11 is 7.88. The number of aromatic nitrogens is 5. The molecule has 2 aromatic heterocycles. The zero-order valence-corrected chi connectivity index (χ0v) is 18.5. The molecule has 1 saturated heterocycles. The number of fused-ring (bicyclic) bond motifs is 1. The SMILES string of the molecule is CCOC(O)C1=C2C[C@H](c3nn[nH]n3)CN2C(c2nccs2)=N[C@H]1c1ccc(F)cc1Cl. The van der Waals surface area contributed by atoms with E-state index < -0.39 is 18.1 Å². The fourth-order valence-electron chi connectivity index (χ4n) is 4.15. The predicted octanol–water partition coefficient (Wildman–Crippen LogP) is 3.05. The van der Waals surface area contributed by atoms with Crippen molar-refractivity contribution < 1.29 is 14.2 Å². The summed E-state index contributed by atoms with van der Waals surface area (Å²) in [4.78, 5) is 11.4. The van der Waals surface area contributed by atoms with Gasteiger partial charge in [-0.15, -0.1) is 21.5 Å². The second-order valence-electron chi connectivity index (χ2n) is 7.35. The number of hydrogen-bond acceptors (Lipinski definition) is 9. The molecule has 0 bridgehead atoms. The summed E-state index contributed by atoms with van der Waals surface area (Å²) in [5.41, 5.74) is 1.98. The number of halogens is 2. The van der Waals surface area contributed by atoms with Crippen LogP contribution >= 0.6 is 22.9 Å². The van der Waals surface area contributed by atoms with E-state index in [9.17, 15) is 9.50 Å². The first-order valence-corrected chi connectivity index (χ1v) is 11.3. The smallest absolute Gasteiger partial charge is 0.181 e. The summed E-state index contributed by atoms with van der Waals surface area (Å²) in [7, 11) is 0. The monoisotopic (exact) mass is 475 g/mol. The Morgan fingerprint density at radius 1 is 1.44 bits per heavy atom. The Bertz CT molecular complexity index is 1170. The van der Waals surface area contributed by atoms with E-state index >= 15 is 0 Å². The Hall–Kier alpha value is -2.73. The molecule has 2 N–H and O–H groups in total. The molecule has 4 heterocycles. The molecule has 3 aromatic rings. The highest BCUT2D eigenvalue weighted by Crippen LogP contribution is 2.46. The van der Waals surface area contributed by atoms with Crippen LogP contribution in [0.4, 0.5) is 4.39 Å². The molecule has 1 fully saturated rings. The minimum atomic E-state index is -1.21. The minimum absolute atomic E-state index is 0.0693. The molecule has 1 unspecified atom stereocenters. The number of aromatic amines is 1. The van der Waals surface area contributed by atoms with Crippen LogP contribution < -0.4 is 0 Å². The second-order valence-corrected chi connectivity index (χ2v) is 8.65. The lowest BCUT2D eigenvalue weighted by Crippen LogP contribution is -2.36. The number of aliphatic imine (C=N–C) groups is 1. The van der Waals surface area contributed by atoms with Gasteiger partial charge in [0.1, 0.15) is 11.9 Å². The third-order valence-electron chi connectivity index (χ3n) is 5.50. The number of rotatable bonds is 6. The van der Waals surface area contributed by atoms with Crippen molar-refractivity contribution in [3.05, 3.63) is 68.3 Å². The number of thiazole rings is 1. The van der Waals surface area contributed by atoms with Gasteiger partial charge in [-0.2, -0.15) is 5.21 Å². The average molecular weight is 476 g/mol. The highest BCUT2D eigenvalue weighted by Gasteiger charge is 2.43. The first-order valence-electron chi connectivity index (χ1n) is 10.0. The normalized spacial score (nSPS) is 21.6. The molecule has 5 rings (SSSR count). The van der Waals surface area contributed by atoms with Gasteiger partial charge in [-0.3, -0.25) is 4.99 Å². The van der Waals surface area contributed by atoms with Crippen LogP contribution in [0.1, 0.15) is 41.7 Å². The van der Waals surface area contributed by atoms with Gasteiger partial charge in [0.05, 0.1) is 0 Å². The van der Waals surface area contributed by atoms with Crippen LogP contribution in [0.2, 0.25) is 5.02 Å². The van der Waals surface area contributed by atoms with Crippen molar-refractivity contribution in [2.45, 2.75) is 31.6 Å². The standard InChI is InChI=1S/C20H19ClFN7O2S/c1-2-31-20(30)15-14-7-10(17-25-27-28-26-17)9-29(14)18(19-23-5-6-32-19)24-16(15)12-4-3-11(22)8-13(12)21/h3-6,8,10,16,20,30H,2,7,9H2,1H3,(H,25,26,27,28)/t10-,16-,20?/m0/s1. The molecule has 166 valence electrons. The van der Waals surface area contributed by atoms with E-state index in [1.165, 1.54) is 23.5 Å². The molecule has 0 saturated carbocycles. The van der Waals surface area contributed by atoms with E-state index in [2.05, 4.69) is 25.6 Å². The number of hydrogen-bond donors (Lipinski definition) is 2. The van der Waals surface area contributed by atoms with E-state index in [0.29, 0.717) is 42.4 Å². The average Bonchev–Trinajstić information content (AvgIpc) is 3.54. The summed E-state index contributed by atoms with van der Waals surface area (Å²) < 4.78 is 19.3. The third-order valence-corrected chi connectivity index (χ3v) is 6.60. The van der Waals surface area contributed by atoms with Crippen LogP contribution in [0.5, 0.6) is 0 Å². The predicted molar refractivity (Wildman–Crippen MR) is 116 cm³/mol. The summed E-state index contributed by atoms with van der Waals surface area (Å²) in [6.07, 6.45) is 1.04. The van der Waals surface area contributed by atoms with Crippen molar-refractivity contribution in [1.82, 2.24) is 30.5 Å². The highest BCUT2D eigenvalue weighted by molar-refractivity contribution is 7.11. The molecule has 0 aliphatic carbocycles. The molecule has 1 aromatic carbocycles. The van der Waals surface area contributed by atoms with Gasteiger partial charge >= 0.3 is 0 Å². The van der Waals surface area contributed by atoms with Gasteiger partial charge < -0.3 is 14.7 Å². The number of allylic oxidation sites excluding steroid dienone is 1. The van der Waals surface area contributed by atoms with Crippen LogP contribution in [0.15, 0.2) is 46.0 Å². The molecule has 3 atom stereocenters. The zero-order valence-electron chi connectivity index (χ0n) is 16.9. The topological polar surface area (TPSA) is 112 Å². The number of nitrogens with one attached hydrogen (secondary N) is 1. The van der Waals surface area contributed by atoms with Crippen molar-refractivity contribution in [2.75, 3.05) is 13.2 Å². The van der Waals surface area contributed by atoms with Crippen molar-refractivity contribution in [1.29, 1.82) is 0 Å². The Kier molecular flexibility index (Phi) is 5.72. The Labute approximate surface area is 191 Å². The number of benzene rings is 1. The Morgan fingerprint density at radius 2 is 2.31 bits per heavy atom. The van der Waals surface area contributed by atoms with Gasteiger partial charge in [-0.05, 0) is 31.0 Å². The van der Waals surface area contributed by atoms with Crippen LogP contribution in [-0.4, -0.2) is 60.9 Å². The summed E-state index contributed by atoms with van der Waals surface area (Å²) in [6.45, 7) is 2.65. The molecular formula is C20H19ClFN7O2S. The molecule has 2 aliphatic rings. The second kappa shape index (κ2) is 8.66. The van der Waals surface area contributed by atoms with Crippen LogP contribution in [0.25, 0.3) is 0 Å². The first kappa shape index (κ1) is 21.1. The van der Waals surface area contributed by atoms with Gasteiger partial charge in [-0.1, -0.05) is 22.9 Å². The Balaban J connectivity index is 1.68. The molecule has 9 nitrogen and oxygen atoms in total. The number of nitrogens with zero attached hydrogens (tertiary/aromatic N) is 6. The van der Waals surface area contributed by atoms with E-state index in [0.717, 1.165) is 10.7 Å². The maximum Gasteiger partial charge on any atom is 0.181 e. The number of H-pyrrole nitrogens is 1. The number of tetrazole rings is 1. The largest absolute Gasteiger partial charge is 0.364 e. The first-order chi connectivity index (χ1) is 15.6. The van der Waals surface area contributed by atoms with Crippen LogP contribution in [-0.2, 0) is 4.74 Å². The van der Waals surface area contributed by atoms with Crippen LogP contribution in [0.3, 0.4) is 0 Å². The number of aliphatic hydroxyl groups is 1. The van der Waals surface area contributed by atoms with Gasteiger partial charge in [0.15, 0.2) is 23.0 Å². The minimum Gasteiger partial charge on any atom is -0.364 e. The molecule has 12 heteroatoms. The lowest BCUT2D eigenvalue weighted by Gasteiger charge is -2.34. The maximum atomic E-state index is 13.8. The molecule has 0 spiro atoms. The fourth-order valence-corrected chi connectivity index (χ4v) is 5.06. The highest BCUT2D eigenvalue weighted by atomic mass is 35.5. The molecule has 0 amide bonds. The van der Waals surface area contributed by atoms with E-state index in [1.54, 1.807) is 19.2 Å². The molecule has 0 radical (unpaired) electrons. The zero-order chi connectivity index (χ0) is 22.2. The molecular weight excluding hydrogens is 457 g/mol. The molecule has 2 aliphatic heterocycles. The lowest BCUT2D eigenvalue weighted by molar-refractivity contribution is -0.0719. The van der Waals surface area contributed by atoms with Crippen molar-refractivity contribution >= 4 is 28.8 Å². The summed E-state index contributed by atoms with van der Waals surface area (Å²) in [5.74, 6) is 0.712. The van der Waals surface area contributed by atoms with Crippen molar-refractivity contribution in [3.63, 3.8) is 0 Å². The maximum absolute atomic E-state index is 13.8. The van der Waals surface area contributed by atoms with Crippen LogP contribution in [0, 0.1) is 5.82 Å². The van der Waals surface area contributed by atoms with Crippen molar-refractivity contribution in [2.24, 2.45) is 4.99 Å². The quantitative estimate of drug-likeness (QED) is 0.527. The van der Waals surface area contributed by atoms with Gasteiger partial charge in [0.2, 0.25) is 0 Å². The van der Waals surface area contributed by atoms with E-state index in [1.807, 2.05) is 10.3 Å². The lowest BCUT2D eigenvalue weighted by atomic mass is 9.93. The fraction of sp³-hybridized carbons (Fsp3) is 0.350. The van der Waals surface area contributed by atoms with Gasteiger partial charge in [0.25, 0.3) is 0 Å². The number of aliphatic hydroxyl groups excluding tert-OH is 1. The van der Waals surface area contributed by atoms with E-state index in [4.69, 9.17) is 21.3 Å². The van der Waals surface area contributed by atoms with Gasteiger partial charge in [0, 0.05) is 46.9 Å². The number of ether oxygens (including phenoxy) is 1. The van der Waals surface area contributed by atoms with Gasteiger partial charge in [-0.25, -0.2) is 9.37 Å². The van der Waals surface area contributed by atoms with Crippen molar-refractivity contribution in [3.8, 4) is 0 Å².